The number of amides is 1. The number of piperidine rings is 1. The second-order valence-corrected chi connectivity index (χ2v) is 7.77. The maximum Gasteiger partial charge on any atom is 0.257 e. The molecule has 0 N–H and O–H groups in total. The molecule has 5 heteroatoms. The summed E-state index contributed by atoms with van der Waals surface area (Å²) in [5, 5.41) is 0. The lowest BCUT2D eigenvalue weighted by atomic mass is 9.77. The third-order valence-electron chi connectivity index (χ3n) is 6.03. The molecule has 0 saturated carbocycles. The molecule has 2 saturated heterocycles. The summed E-state index contributed by atoms with van der Waals surface area (Å²) in [6, 6.07) is 8.63. The van der Waals surface area contributed by atoms with E-state index in [0.717, 1.165) is 57.5 Å². The predicted molar refractivity (Wildman–Crippen MR) is 97.3 cm³/mol. The highest BCUT2D eigenvalue weighted by Gasteiger charge is 2.42. The molecule has 0 atom stereocenters. The van der Waals surface area contributed by atoms with E-state index in [-0.39, 0.29) is 17.1 Å². The van der Waals surface area contributed by atoms with Gasteiger partial charge in [0.05, 0.1) is 11.8 Å². The number of halogens is 1. The van der Waals surface area contributed by atoms with Crippen LogP contribution in [0.2, 0.25) is 0 Å². The molecule has 0 aliphatic carbocycles. The van der Waals surface area contributed by atoms with Crippen molar-refractivity contribution in [2.45, 2.75) is 32.7 Å². The van der Waals surface area contributed by atoms with Crippen LogP contribution in [-0.2, 0) is 6.54 Å². The molecule has 2 aliphatic rings. The number of benzene rings is 1. The van der Waals surface area contributed by atoms with Gasteiger partial charge in [-0.2, -0.15) is 0 Å². The first-order chi connectivity index (χ1) is 12.5. The average Bonchev–Trinajstić information content (AvgIpc) is 3.24. The summed E-state index contributed by atoms with van der Waals surface area (Å²) in [5.74, 6) is 0.617. The summed E-state index contributed by atoms with van der Waals surface area (Å²) in [6.45, 7) is 6.30. The number of hydrogen-bond donors (Lipinski definition) is 0. The molecule has 0 radical (unpaired) electrons. The van der Waals surface area contributed by atoms with Gasteiger partial charge in [0.15, 0.2) is 0 Å². The first-order valence-electron chi connectivity index (χ1n) is 9.35. The molecule has 138 valence electrons. The molecule has 0 bridgehead atoms. The molecule has 2 fully saturated rings. The van der Waals surface area contributed by atoms with E-state index >= 15 is 0 Å². The standard InChI is InChI=1S/C21H25FN2O2/c1-16-19(5-12-26-16)20(25)24-11-8-21(15-24)6-9-23(10-7-21)14-17-3-2-4-18(22)13-17/h2-5,12-13H,6-11,14-15H2,1H3. The zero-order valence-electron chi connectivity index (χ0n) is 15.2. The van der Waals surface area contributed by atoms with Crippen LogP contribution in [0.1, 0.15) is 40.9 Å². The van der Waals surface area contributed by atoms with Crippen molar-refractivity contribution in [3.63, 3.8) is 0 Å². The van der Waals surface area contributed by atoms with Gasteiger partial charge < -0.3 is 9.32 Å². The van der Waals surface area contributed by atoms with Gasteiger partial charge >= 0.3 is 0 Å². The Morgan fingerprint density at radius 1 is 1.19 bits per heavy atom. The highest BCUT2D eigenvalue weighted by Crippen LogP contribution is 2.41. The van der Waals surface area contributed by atoms with E-state index in [4.69, 9.17) is 4.42 Å². The van der Waals surface area contributed by atoms with Crippen molar-refractivity contribution < 1.29 is 13.6 Å². The Hall–Kier alpha value is -2.14. The highest BCUT2D eigenvalue weighted by molar-refractivity contribution is 5.95. The van der Waals surface area contributed by atoms with Gasteiger partial charge in [0.2, 0.25) is 0 Å². The summed E-state index contributed by atoms with van der Waals surface area (Å²) in [5.41, 5.74) is 1.95. The first kappa shape index (κ1) is 17.3. The number of carbonyl (C=O) groups excluding carboxylic acids is 1. The van der Waals surface area contributed by atoms with Gasteiger partial charge in [0.1, 0.15) is 11.6 Å². The van der Waals surface area contributed by atoms with Crippen molar-refractivity contribution >= 4 is 5.91 Å². The smallest absolute Gasteiger partial charge is 0.257 e. The van der Waals surface area contributed by atoms with E-state index in [0.29, 0.717) is 11.3 Å². The van der Waals surface area contributed by atoms with Crippen LogP contribution >= 0.6 is 0 Å². The summed E-state index contributed by atoms with van der Waals surface area (Å²) in [6.07, 6.45) is 4.84. The van der Waals surface area contributed by atoms with E-state index in [1.54, 1.807) is 24.5 Å². The Kier molecular flexibility index (Phi) is 4.57. The number of likely N-dealkylation sites (tertiary alicyclic amines) is 2. The van der Waals surface area contributed by atoms with Crippen LogP contribution in [0.3, 0.4) is 0 Å². The molecule has 0 unspecified atom stereocenters. The van der Waals surface area contributed by atoms with Gasteiger partial charge in [-0.25, -0.2) is 4.39 Å². The van der Waals surface area contributed by atoms with Gasteiger partial charge in [0.25, 0.3) is 5.91 Å². The fraction of sp³-hybridized carbons (Fsp3) is 0.476. The van der Waals surface area contributed by atoms with Crippen molar-refractivity contribution in [1.29, 1.82) is 0 Å². The normalized spacial score (nSPS) is 20.0. The Morgan fingerprint density at radius 3 is 2.65 bits per heavy atom. The largest absolute Gasteiger partial charge is 0.469 e. The monoisotopic (exact) mass is 356 g/mol. The number of hydrogen-bond acceptors (Lipinski definition) is 3. The fourth-order valence-corrected chi connectivity index (χ4v) is 4.37. The molecular formula is C21H25FN2O2. The second kappa shape index (κ2) is 6.88. The molecule has 26 heavy (non-hydrogen) atoms. The molecule has 1 aromatic heterocycles. The summed E-state index contributed by atoms with van der Waals surface area (Å²) < 4.78 is 18.6. The lowest BCUT2D eigenvalue weighted by molar-refractivity contribution is 0.0712. The molecule has 4 nitrogen and oxygen atoms in total. The summed E-state index contributed by atoms with van der Waals surface area (Å²) >= 11 is 0. The minimum absolute atomic E-state index is 0.0929. The fourth-order valence-electron chi connectivity index (χ4n) is 4.37. The molecule has 1 aromatic carbocycles. The molecule has 3 heterocycles. The Balaban J connectivity index is 1.34. The maximum atomic E-state index is 13.4. The minimum atomic E-state index is -0.171. The zero-order valence-corrected chi connectivity index (χ0v) is 15.2. The molecule has 2 aromatic rings. The van der Waals surface area contributed by atoms with Crippen LogP contribution in [-0.4, -0.2) is 41.9 Å². The van der Waals surface area contributed by atoms with E-state index in [9.17, 15) is 9.18 Å². The zero-order chi connectivity index (χ0) is 18.1. The van der Waals surface area contributed by atoms with Crippen LogP contribution in [0, 0.1) is 18.2 Å². The van der Waals surface area contributed by atoms with E-state index in [1.807, 2.05) is 17.9 Å². The molecular weight excluding hydrogens is 331 g/mol. The number of furan rings is 1. The highest BCUT2D eigenvalue weighted by atomic mass is 19.1. The Bertz CT molecular complexity index is 793. The maximum absolute atomic E-state index is 13.4. The third kappa shape index (κ3) is 3.40. The molecule has 1 spiro atoms. The number of carbonyl (C=O) groups is 1. The second-order valence-electron chi connectivity index (χ2n) is 7.77. The van der Waals surface area contributed by atoms with E-state index < -0.39 is 0 Å². The van der Waals surface area contributed by atoms with E-state index in [2.05, 4.69) is 4.90 Å². The van der Waals surface area contributed by atoms with Crippen LogP contribution in [0.4, 0.5) is 4.39 Å². The van der Waals surface area contributed by atoms with Gasteiger partial charge in [-0.15, -0.1) is 0 Å². The molecule has 2 aliphatic heterocycles. The number of aryl methyl sites for hydroxylation is 1. The molecule has 4 rings (SSSR count). The first-order valence-corrected chi connectivity index (χ1v) is 9.35. The SMILES string of the molecule is Cc1occc1C(=O)N1CCC2(CCN(Cc3cccc(F)c3)CC2)C1. The quantitative estimate of drug-likeness (QED) is 0.838. The lowest BCUT2D eigenvalue weighted by Gasteiger charge is -2.39. The van der Waals surface area contributed by atoms with E-state index in [1.165, 1.54) is 6.07 Å². The average molecular weight is 356 g/mol. The minimum Gasteiger partial charge on any atom is -0.469 e. The van der Waals surface area contributed by atoms with Crippen LogP contribution in [0.15, 0.2) is 41.0 Å². The van der Waals surface area contributed by atoms with Crippen molar-refractivity contribution in [3.05, 3.63) is 59.3 Å². The Morgan fingerprint density at radius 2 is 1.96 bits per heavy atom. The van der Waals surface area contributed by atoms with Gasteiger partial charge in [-0.1, -0.05) is 12.1 Å². The van der Waals surface area contributed by atoms with Crippen molar-refractivity contribution in [1.82, 2.24) is 9.80 Å². The van der Waals surface area contributed by atoms with Gasteiger partial charge in [-0.05, 0) is 68.5 Å². The van der Waals surface area contributed by atoms with Crippen LogP contribution < -0.4 is 0 Å². The topological polar surface area (TPSA) is 36.7 Å². The number of rotatable bonds is 3. The third-order valence-corrected chi connectivity index (χ3v) is 6.03. The number of nitrogens with zero attached hydrogens (tertiary/aromatic N) is 2. The van der Waals surface area contributed by atoms with Crippen LogP contribution in [0.25, 0.3) is 0 Å². The van der Waals surface area contributed by atoms with Crippen molar-refractivity contribution in [2.75, 3.05) is 26.2 Å². The van der Waals surface area contributed by atoms with Crippen molar-refractivity contribution in [3.8, 4) is 0 Å². The summed E-state index contributed by atoms with van der Waals surface area (Å²) in [7, 11) is 0. The van der Waals surface area contributed by atoms with Crippen molar-refractivity contribution in [2.24, 2.45) is 5.41 Å². The Labute approximate surface area is 153 Å². The molecule has 1 amide bonds. The summed E-state index contributed by atoms with van der Waals surface area (Å²) in [4.78, 5) is 17.1. The van der Waals surface area contributed by atoms with Gasteiger partial charge in [0, 0.05) is 19.6 Å². The van der Waals surface area contributed by atoms with Gasteiger partial charge in [-0.3, -0.25) is 9.69 Å². The lowest BCUT2D eigenvalue weighted by Crippen LogP contribution is -2.42. The van der Waals surface area contributed by atoms with Crippen LogP contribution in [0.5, 0.6) is 0 Å². The predicted octanol–water partition coefficient (Wildman–Crippen LogP) is 3.86.